The average Bonchev–Trinajstić information content (AvgIpc) is 2.62. The van der Waals surface area contributed by atoms with Crippen LogP contribution in [-0.4, -0.2) is 19.2 Å². The molecule has 25 heavy (non-hydrogen) atoms. The molecule has 0 bridgehead atoms. The van der Waals surface area contributed by atoms with Gasteiger partial charge in [-0.2, -0.15) is 0 Å². The van der Waals surface area contributed by atoms with Gasteiger partial charge in [-0.3, -0.25) is 0 Å². The average molecular weight is 355 g/mol. The molecule has 0 rings (SSSR count). The lowest BCUT2D eigenvalue weighted by Crippen LogP contribution is -2.07. The summed E-state index contributed by atoms with van der Waals surface area (Å²) in [7, 11) is 0. The summed E-state index contributed by atoms with van der Waals surface area (Å²) in [6, 6.07) is 0. The number of hydrogen-bond acceptors (Lipinski definition) is 3. The molecule has 0 aliphatic carbocycles. The van der Waals surface area contributed by atoms with Crippen LogP contribution in [0.3, 0.4) is 0 Å². The van der Waals surface area contributed by atoms with Crippen molar-refractivity contribution in [3.05, 3.63) is 11.8 Å². The van der Waals surface area contributed by atoms with Crippen LogP contribution in [-0.2, 0) is 14.3 Å². The second-order valence-corrected chi connectivity index (χ2v) is 6.99. The summed E-state index contributed by atoms with van der Waals surface area (Å²) in [6.45, 7) is 6.99. The van der Waals surface area contributed by atoms with E-state index in [1.54, 1.807) is 6.92 Å². The molecule has 148 valence electrons. The van der Waals surface area contributed by atoms with Gasteiger partial charge >= 0.3 is 5.97 Å². The maximum absolute atomic E-state index is 11.6. The van der Waals surface area contributed by atoms with Crippen LogP contribution in [0, 0.1) is 0 Å². The predicted molar refractivity (Wildman–Crippen MR) is 107 cm³/mol. The van der Waals surface area contributed by atoms with Crippen LogP contribution in [0.1, 0.15) is 111 Å². The number of esters is 1. The SMILES string of the molecule is CCCCCCCCCCCCCCCCOC(=O)C(C)=COCC. The summed E-state index contributed by atoms with van der Waals surface area (Å²) >= 11 is 0. The molecular formula is C22H42O3. The first-order valence-corrected chi connectivity index (χ1v) is 10.7. The minimum absolute atomic E-state index is 0.261. The normalized spacial score (nSPS) is 11.6. The highest BCUT2D eigenvalue weighted by Crippen LogP contribution is 2.13. The Hall–Kier alpha value is -0.990. The molecule has 0 N–H and O–H groups in total. The Morgan fingerprint density at radius 2 is 1.16 bits per heavy atom. The van der Waals surface area contributed by atoms with Crippen LogP contribution in [0.4, 0.5) is 0 Å². The number of hydrogen-bond donors (Lipinski definition) is 0. The molecule has 3 heteroatoms. The first kappa shape index (κ1) is 24.0. The molecular weight excluding hydrogens is 312 g/mol. The van der Waals surface area contributed by atoms with Gasteiger partial charge in [-0.1, -0.05) is 90.4 Å². The number of rotatable bonds is 18. The molecule has 0 atom stereocenters. The van der Waals surface area contributed by atoms with E-state index < -0.39 is 0 Å². The van der Waals surface area contributed by atoms with Gasteiger partial charge in [-0.05, 0) is 20.3 Å². The van der Waals surface area contributed by atoms with Crippen LogP contribution in [0.2, 0.25) is 0 Å². The molecule has 0 saturated heterocycles. The number of unbranched alkanes of at least 4 members (excludes halogenated alkanes) is 13. The molecule has 0 aromatic rings. The Balaban J connectivity index is 3.22. The number of carbonyl (C=O) groups excluding carboxylic acids is 1. The van der Waals surface area contributed by atoms with Crippen LogP contribution in [0.25, 0.3) is 0 Å². The lowest BCUT2D eigenvalue weighted by Gasteiger charge is -2.05. The van der Waals surface area contributed by atoms with E-state index in [0.717, 1.165) is 12.8 Å². The Kier molecular flexibility index (Phi) is 18.6. The molecule has 0 radical (unpaired) electrons. The molecule has 0 aromatic heterocycles. The second-order valence-electron chi connectivity index (χ2n) is 6.99. The topological polar surface area (TPSA) is 35.5 Å². The summed E-state index contributed by atoms with van der Waals surface area (Å²) in [6.07, 6.45) is 20.2. The summed E-state index contributed by atoms with van der Waals surface area (Å²) in [4.78, 5) is 11.6. The summed E-state index contributed by atoms with van der Waals surface area (Å²) in [5.41, 5.74) is 0.534. The van der Waals surface area contributed by atoms with Crippen molar-refractivity contribution < 1.29 is 14.3 Å². The summed E-state index contributed by atoms with van der Waals surface area (Å²) in [5.74, 6) is -0.261. The van der Waals surface area contributed by atoms with Gasteiger partial charge in [-0.15, -0.1) is 0 Å². The highest BCUT2D eigenvalue weighted by atomic mass is 16.5. The minimum atomic E-state index is -0.261. The van der Waals surface area contributed by atoms with Crippen molar-refractivity contribution in [2.24, 2.45) is 0 Å². The monoisotopic (exact) mass is 354 g/mol. The Morgan fingerprint density at radius 1 is 0.720 bits per heavy atom. The van der Waals surface area contributed by atoms with Crippen molar-refractivity contribution in [1.82, 2.24) is 0 Å². The zero-order valence-corrected chi connectivity index (χ0v) is 17.1. The summed E-state index contributed by atoms with van der Waals surface area (Å²) < 4.78 is 10.3. The number of ether oxygens (including phenoxy) is 2. The second kappa shape index (κ2) is 19.3. The van der Waals surface area contributed by atoms with Gasteiger partial charge in [0.15, 0.2) is 0 Å². The van der Waals surface area contributed by atoms with E-state index in [4.69, 9.17) is 9.47 Å². The Morgan fingerprint density at radius 3 is 1.60 bits per heavy atom. The van der Waals surface area contributed by atoms with Crippen molar-refractivity contribution in [3.63, 3.8) is 0 Å². The van der Waals surface area contributed by atoms with E-state index in [9.17, 15) is 4.79 Å². The molecule has 0 spiro atoms. The van der Waals surface area contributed by atoms with E-state index in [-0.39, 0.29) is 5.97 Å². The van der Waals surface area contributed by atoms with E-state index in [0.29, 0.717) is 18.8 Å². The Bertz CT molecular complexity index is 323. The highest BCUT2D eigenvalue weighted by Gasteiger charge is 2.05. The zero-order chi connectivity index (χ0) is 18.6. The van der Waals surface area contributed by atoms with E-state index in [1.165, 1.54) is 83.3 Å². The standard InChI is InChI=1S/C22H42O3/c1-4-6-7-8-9-10-11-12-13-14-15-16-17-18-19-25-22(23)21(3)20-24-5-2/h20H,4-19H2,1-3H3. The third-order valence-corrected chi connectivity index (χ3v) is 4.48. The van der Waals surface area contributed by atoms with Crippen LogP contribution in [0.15, 0.2) is 11.8 Å². The zero-order valence-electron chi connectivity index (χ0n) is 17.1. The van der Waals surface area contributed by atoms with Crippen molar-refractivity contribution in [2.75, 3.05) is 13.2 Å². The fourth-order valence-corrected chi connectivity index (χ4v) is 2.83. The van der Waals surface area contributed by atoms with Gasteiger partial charge in [0.05, 0.1) is 25.0 Å². The van der Waals surface area contributed by atoms with E-state index in [2.05, 4.69) is 6.92 Å². The lowest BCUT2D eigenvalue weighted by atomic mass is 10.0. The molecule has 0 amide bonds. The first-order valence-electron chi connectivity index (χ1n) is 10.7. The van der Waals surface area contributed by atoms with E-state index in [1.807, 2.05) is 6.92 Å². The quantitative estimate of drug-likeness (QED) is 0.116. The first-order chi connectivity index (χ1) is 12.2. The van der Waals surface area contributed by atoms with Crippen molar-refractivity contribution in [3.8, 4) is 0 Å². The smallest absolute Gasteiger partial charge is 0.336 e. The van der Waals surface area contributed by atoms with Gasteiger partial charge in [0.2, 0.25) is 0 Å². The van der Waals surface area contributed by atoms with Gasteiger partial charge in [0.1, 0.15) is 0 Å². The molecule has 3 nitrogen and oxygen atoms in total. The van der Waals surface area contributed by atoms with Crippen LogP contribution in [0.5, 0.6) is 0 Å². The molecule has 0 unspecified atom stereocenters. The maximum atomic E-state index is 11.6. The van der Waals surface area contributed by atoms with Crippen molar-refractivity contribution in [1.29, 1.82) is 0 Å². The fraction of sp³-hybridized carbons (Fsp3) is 0.864. The molecule has 0 saturated carbocycles. The van der Waals surface area contributed by atoms with Crippen molar-refractivity contribution in [2.45, 2.75) is 111 Å². The largest absolute Gasteiger partial charge is 0.501 e. The Labute approximate surface area is 156 Å². The predicted octanol–water partition coefficient (Wildman–Crippen LogP) is 6.95. The van der Waals surface area contributed by atoms with Gasteiger partial charge in [0, 0.05) is 0 Å². The minimum Gasteiger partial charge on any atom is -0.501 e. The molecule has 0 heterocycles. The van der Waals surface area contributed by atoms with Gasteiger partial charge in [-0.25, -0.2) is 4.79 Å². The molecule has 0 aromatic carbocycles. The summed E-state index contributed by atoms with van der Waals surface area (Å²) in [5, 5.41) is 0. The molecule has 0 aliphatic rings. The van der Waals surface area contributed by atoms with Crippen molar-refractivity contribution >= 4 is 5.97 Å². The molecule has 0 fully saturated rings. The van der Waals surface area contributed by atoms with Crippen LogP contribution >= 0.6 is 0 Å². The van der Waals surface area contributed by atoms with Crippen LogP contribution < -0.4 is 0 Å². The third kappa shape index (κ3) is 17.6. The lowest BCUT2D eigenvalue weighted by molar-refractivity contribution is -0.139. The van der Waals surface area contributed by atoms with E-state index >= 15 is 0 Å². The highest BCUT2D eigenvalue weighted by molar-refractivity contribution is 5.87. The van der Waals surface area contributed by atoms with Gasteiger partial charge < -0.3 is 9.47 Å². The maximum Gasteiger partial charge on any atom is 0.336 e. The third-order valence-electron chi connectivity index (χ3n) is 4.48. The fourth-order valence-electron chi connectivity index (χ4n) is 2.83. The van der Waals surface area contributed by atoms with Gasteiger partial charge in [0.25, 0.3) is 0 Å². The number of carbonyl (C=O) groups is 1. The molecule has 0 aliphatic heterocycles.